The van der Waals surface area contributed by atoms with E-state index >= 15 is 0 Å². The number of aliphatic hydroxyl groups is 1. The van der Waals surface area contributed by atoms with Crippen molar-refractivity contribution in [2.45, 2.75) is 362 Å². The van der Waals surface area contributed by atoms with Crippen molar-refractivity contribution in [3.05, 3.63) is 0 Å². The molecule has 0 aromatic carbocycles. The molecule has 0 saturated carbocycles. The van der Waals surface area contributed by atoms with Crippen LogP contribution in [0.25, 0.3) is 0 Å². The summed E-state index contributed by atoms with van der Waals surface area (Å²) < 4.78 is 68.1. The monoisotopic (exact) mass is 1280 g/mol. The molecule has 0 spiro atoms. The van der Waals surface area contributed by atoms with Crippen molar-refractivity contribution in [2.75, 3.05) is 39.6 Å². The second kappa shape index (κ2) is 60.3. The molecule has 17 nitrogen and oxygen atoms in total. The van der Waals surface area contributed by atoms with Gasteiger partial charge >= 0.3 is 39.5 Å². The molecule has 0 rings (SSSR count). The Morgan fingerprint density at radius 3 is 0.782 bits per heavy atom. The number of esters is 4. The van der Waals surface area contributed by atoms with E-state index in [1.165, 1.54) is 154 Å². The van der Waals surface area contributed by atoms with Crippen molar-refractivity contribution in [1.82, 2.24) is 0 Å². The number of ether oxygens (including phenoxy) is 4. The molecule has 0 aromatic rings. The minimum absolute atomic E-state index is 0.102. The van der Waals surface area contributed by atoms with Crippen LogP contribution in [-0.4, -0.2) is 96.7 Å². The largest absolute Gasteiger partial charge is 0.472 e. The van der Waals surface area contributed by atoms with Gasteiger partial charge in [-0.15, -0.1) is 0 Å². The van der Waals surface area contributed by atoms with Crippen molar-refractivity contribution < 1.29 is 80.2 Å². The van der Waals surface area contributed by atoms with Crippen molar-refractivity contribution in [3.8, 4) is 0 Å². The summed E-state index contributed by atoms with van der Waals surface area (Å²) in [7, 11) is -9.89. The first-order valence-corrected chi connectivity index (χ1v) is 38.5. The first kappa shape index (κ1) is 85.1. The first-order valence-electron chi connectivity index (χ1n) is 35.5. The third-order valence-corrected chi connectivity index (χ3v) is 17.6. The highest BCUT2D eigenvalue weighted by molar-refractivity contribution is 7.47. The van der Waals surface area contributed by atoms with Crippen LogP contribution in [0.2, 0.25) is 0 Å². The van der Waals surface area contributed by atoms with Crippen molar-refractivity contribution in [2.24, 2.45) is 11.8 Å². The van der Waals surface area contributed by atoms with Gasteiger partial charge in [0, 0.05) is 25.7 Å². The molecule has 0 aliphatic carbocycles. The minimum atomic E-state index is -4.95. The molecule has 2 unspecified atom stereocenters. The molecular formula is C68H132O17P2. The van der Waals surface area contributed by atoms with Gasteiger partial charge < -0.3 is 33.8 Å². The van der Waals surface area contributed by atoms with Gasteiger partial charge in [-0.25, -0.2) is 9.13 Å². The van der Waals surface area contributed by atoms with Crippen molar-refractivity contribution in [1.29, 1.82) is 0 Å². The maximum absolute atomic E-state index is 13.0. The summed E-state index contributed by atoms with van der Waals surface area (Å²) >= 11 is 0. The number of hydrogen-bond donors (Lipinski definition) is 3. The van der Waals surface area contributed by atoms with Crippen LogP contribution in [0.4, 0.5) is 0 Å². The third kappa shape index (κ3) is 62.6. The van der Waals surface area contributed by atoms with Crippen molar-refractivity contribution >= 4 is 39.5 Å². The summed E-state index contributed by atoms with van der Waals surface area (Å²) in [6.07, 6.45) is 44.6. The van der Waals surface area contributed by atoms with Gasteiger partial charge in [-0.3, -0.25) is 37.3 Å². The summed E-state index contributed by atoms with van der Waals surface area (Å²) in [6, 6.07) is 0. The Bertz CT molecular complexity index is 1700. The predicted octanol–water partition coefficient (Wildman–Crippen LogP) is 19.2. The van der Waals surface area contributed by atoms with Gasteiger partial charge in [-0.05, 0) is 37.5 Å². The lowest BCUT2D eigenvalue weighted by Gasteiger charge is -2.21. The number of phosphoric acid groups is 2. The van der Waals surface area contributed by atoms with Gasteiger partial charge in [0.15, 0.2) is 12.2 Å². The molecule has 0 amide bonds. The second-order valence-electron chi connectivity index (χ2n) is 25.5. The summed E-state index contributed by atoms with van der Waals surface area (Å²) in [4.78, 5) is 72.3. The fourth-order valence-corrected chi connectivity index (χ4v) is 11.8. The summed E-state index contributed by atoms with van der Waals surface area (Å²) in [6.45, 7) is 9.43. The molecular weight excluding hydrogens is 1150 g/mol. The zero-order chi connectivity index (χ0) is 64.3. The number of unbranched alkanes of at least 4 members (excludes halogenated alkanes) is 37. The van der Waals surface area contributed by atoms with Crippen LogP contribution in [0.15, 0.2) is 0 Å². The molecule has 0 bridgehead atoms. The van der Waals surface area contributed by atoms with Crippen molar-refractivity contribution in [3.63, 3.8) is 0 Å². The Labute approximate surface area is 530 Å². The standard InChI is InChI=1S/C68H132O17P2/c1-7-9-11-13-15-17-18-19-22-25-28-32-39-45-51-66(71)79-56-63(84-67(72)52-46-40-33-29-26-23-20-21-24-27-30-36-42-48-60(3)4)58-82-86(74,75)80-54-62(69)55-81-87(76,77)83-59-64(57-78-65(70)50-44-38-31-16-14-12-10-8-2)85-68(73)53-47-41-35-34-37-43-49-61(5)6/h60-64,69H,7-59H2,1-6H3,(H,74,75)(H,76,77)/t62-,63-,64-/m1/s1. The van der Waals surface area contributed by atoms with E-state index in [0.29, 0.717) is 31.6 Å². The number of aliphatic hydroxyl groups excluding tert-OH is 1. The molecule has 516 valence electrons. The fraction of sp³-hybridized carbons (Fsp3) is 0.941. The molecule has 0 fully saturated rings. The molecule has 0 saturated heterocycles. The number of phosphoric ester groups is 2. The number of carbonyl (C=O) groups excluding carboxylic acids is 4. The van der Waals surface area contributed by atoms with Crippen LogP contribution in [-0.2, 0) is 65.4 Å². The Kier molecular flexibility index (Phi) is 59.0. The van der Waals surface area contributed by atoms with E-state index in [0.717, 1.165) is 102 Å². The zero-order valence-corrected chi connectivity index (χ0v) is 58.1. The topological polar surface area (TPSA) is 237 Å². The van der Waals surface area contributed by atoms with Gasteiger partial charge in [0.05, 0.1) is 26.4 Å². The van der Waals surface area contributed by atoms with E-state index in [2.05, 4.69) is 41.5 Å². The molecule has 19 heteroatoms. The van der Waals surface area contributed by atoms with E-state index in [1.54, 1.807) is 0 Å². The number of carbonyl (C=O) groups is 4. The first-order chi connectivity index (χ1) is 41.9. The number of rotatable bonds is 67. The molecule has 3 N–H and O–H groups in total. The molecule has 0 radical (unpaired) electrons. The Morgan fingerprint density at radius 2 is 0.529 bits per heavy atom. The SMILES string of the molecule is CCCCCCCCCCCCCCCCC(=O)OC[C@H](COP(=O)(O)OC[C@@H](O)COP(=O)(O)OC[C@@H](COC(=O)CCCCCCCCCC)OC(=O)CCCCCCCCC(C)C)OC(=O)CCCCCCCCCCCCCCCC(C)C. The lowest BCUT2D eigenvalue weighted by atomic mass is 10.0. The van der Waals surface area contributed by atoms with Crippen LogP contribution in [0.1, 0.15) is 343 Å². The maximum Gasteiger partial charge on any atom is 0.472 e. The molecule has 87 heavy (non-hydrogen) atoms. The quantitative estimate of drug-likeness (QED) is 0.0222. The van der Waals surface area contributed by atoms with Crippen LogP contribution in [0.5, 0.6) is 0 Å². The zero-order valence-electron chi connectivity index (χ0n) is 56.3. The summed E-state index contributed by atoms with van der Waals surface area (Å²) in [5.41, 5.74) is 0. The Hall–Kier alpha value is -1.94. The maximum atomic E-state index is 13.0. The van der Waals surface area contributed by atoms with Gasteiger partial charge in [0.25, 0.3) is 0 Å². The molecule has 0 heterocycles. The van der Waals surface area contributed by atoms with Gasteiger partial charge in [0.2, 0.25) is 0 Å². The summed E-state index contributed by atoms with van der Waals surface area (Å²) in [5, 5.41) is 10.6. The smallest absolute Gasteiger partial charge is 0.462 e. The molecule has 5 atom stereocenters. The average molecular weight is 1280 g/mol. The van der Waals surface area contributed by atoms with E-state index in [-0.39, 0.29) is 25.7 Å². The normalized spacial score (nSPS) is 14.2. The Morgan fingerprint density at radius 1 is 0.310 bits per heavy atom. The van der Waals surface area contributed by atoms with Gasteiger partial charge in [0.1, 0.15) is 19.3 Å². The van der Waals surface area contributed by atoms with Crippen LogP contribution in [0.3, 0.4) is 0 Å². The van der Waals surface area contributed by atoms with Crippen LogP contribution >= 0.6 is 15.6 Å². The van der Waals surface area contributed by atoms with E-state index < -0.39 is 97.5 Å². The van der Waals surface area contributed by atoms with E-state index in [9.17, 15) is 43.2 Å². The van der Waals surface area contributed by atoms with Gasteiger partial charge in [-0.2, -0.15) is 0 Å². The predicted molar refractivity (Wildman–Crippen MR) is 349 cm³/mol. The lowest BCUT2D eigenvalue weighted by Crippen LogP contribution is -2.30. The van der Waals surface area contributed by atoms with Crippen LogP contribution in [0, 0.1) is 11.8 Å². The van der Waals surface area contributed by atoms with E-state index in [4.69, 9.17) is 37.0 Å². The highest BCUT2D eigenvalue weighted by Crippen LogP contribution is 2.45. The lowest BCUT2D eigenvalue weighted by molar-refractivity contribution is -0.161. The third-order valence-electron chi connectivity index (χ3n) is 15.7. The van der Waals surface area contributed by atoms with Gasteiger partial charge in [-0.1, -0.05) is 292 Å². The highest BCUT2D eigenvalue weighted by Gasteiger charge is 2.30. The highest BCUT2D eigenvalue weighted by atomic mass is 31.2. The molecule has 0 aliphatic heterocycles. The summed E-state index contributed by atoms with van der Waals surface area (Å²) in [5.74, 6) is -0.677. The fourth-order valence-electron chi connectivity index (χ4n) is 10.2. The Balaban J connectivity index is 5.21. The molecule has 0 aliphatic rings. The second-order valence-corrected chi connectivity index (χ2v) is 28.4. The van der Waals surface area contributed by atoms with E-state index in [1.807, 2.05) is 0 Å². The minimum Gasteiger partial charge on any atom is -0.462 e. The molecule has 0 aromatic heterocycles. The average Bonchev–Trinajstić information content (AvgIpc) is 3.63. The number of hydrogen-bond acceptors (Lipinski definition) is 15. The van der Waals surface area contributed by atoms with Crippen LogP contribution < -0.4 is 0 Å².